The lowest BCUT2D eigenvalue weighted by Crippen LogP contribution is -2.44. The summed E-state index contributed by atoms with van der Waals surface area (Å²) in [7, 11) is 0. The molecule has 2 unspecified atom stereocenters. The Balaban J connectivity index is 2.44. The predicted octanol–water partition coefficient (Wildman–Crippen LogP) is 3.94. The minimum absolute atomic E-state index is 0.0490. The van der Waals surface area contributed by atoms with Crippen LogP contribution in [0.15, 0.2) is 18.2 Å². The minimum atomic E-state index is -0.819. The molecule has 0 saturated carbocycles. The largest absolute Gasteiger partial charge is 0.481 e. The van der Waals surface area contributed by atoms with Crippen LogP contribution >= 0.6 is 0 Å². The van der Waals surface area contributed by atoms with Crippen LogP contribution in [-0.4, -0.2) is 29.3 Å². The van der Waals surface area contributed by atoms with E-state index in [0.29, 0.717) is 6.54 Å². The molecule has 5 heteroatoms. The molecule has 1 aromatic rings. The summed E-state index contributed by atoms with van der Waals surface area (Å²) >= 11 is 0. The summed E-state index contributed by atoms with van der Waals surface area (Å²) in [6, 6.07) is 5.77. The van der Waals surface area contributed by atoms with Crippen LogP contribution < -0.4 is 4.90 Å². The summed E-state index contributed by atoms with van der Waals surface area (Å²) in [6.45, 7) is 9.89. The normalized spacial score (nSPS) is 20.8. The SMILES string of the molecule is Cc1cccc2c1N(C(=O)OC(C)(C)C)CC(C)C2CC(=O)O. The van der Waals surface area contributed by atoms with E-state index in [1.54, 1.807) is 4.90 Å². The Labute approximate surface area is 137 Å². The molecule has 1 aliphatic rings. The third-order valence-electron chi connectivity index (χ3n) is 4.10. The topological polar surface area (TPSA) is 66.8 Å². The van der Waals surface area contributed by atoms with Gasteiger partial charge in [-0.2, -0.15) is 0 Å². The van der Waals surface area contributed by atoms with Crippen LogP contribution in [0, 0.1) is 12.8 Å². The molecule has 0 radical (unpaired) electrons. The lowest BCUT2D eigenvalue weighted by Gasteiger charge is -2.39. The van der Waals surface area contributed by atoms with Crippen LogP contribution in [-0.2, 0) is 9.53 Å². The van der Waals surface area contributed by atoms with Gasteiger partial charge in [-0.25, -0.2) is 4.79 Å². The number of carbonyl (C=O) groups excluding carboxylic acids is 1. The highest BCUT2D eigenvalue weighted by Gasteiger charge is 2.37. The molecule has 5 nitrogen and oxygen atoms in total. The van der Waals surface area contributed by atoms with Crippen molar-refractivity contribution < 1.29 is 19.4 Å². The van der Waals surface area contributed by atoms with E-state index in [0.717, 1.165) is 16.8 Å². The number of hydrogen-bond acceptors (Lipinski definition) is 3. The molecule has 2 rings (SSSR count). The average Bonchev–Trinajstić information content (AvgIpc) is 2.39. The monoisotopic (exact) mass is 319 g/mol. The lowest BCUT2D eigenvalue weighted by molar-refractivity contribution is -0.137. The number of para-hydroxylation sites is 1. The zero-order valence-corrected chi connectivity index (χ0v) is 14.4. The van der Waals surface area contributed by atoms with E-state index in [1.807, 2.05) is 52.8 Å². The van der Waals surface area contributed by atoms with E-state index in [2.05, 4.69) is 0 Å². The number of rotatable bonds is 2. The summed E-state index contributed by atoms with van der Waals surface area (Å²) in [5.74, 6) is -0.867. The van der Waals surface area contributed by atoms with E-state index in [-0.39, 0.29) is 24.3 Å². The number of nitrogens with zero attached hydrogens (tertiary/aromatic N) is 1. The van der Waals surface area contributed by atoms with Crippen LogP contribution in [0.25, 0.3) is 0 Å². The Kier molecular flexibility index (Phi) is 4.68. The van der Waals surface area contributed by atoms with Crippen LogP contribution in [0.5, 0.6) is 0 Å². The second-order valence-corrected chi connectivity index (χ2v) is 7.29. The number of anilines is 1. The first-order chi connectivity index (χ1) is 10.6. The molecular formula is C18H25NO4. The Morgan fingerprint density at radius 1 is 1.35 bits per heavy atom. The molecule has 1 heterocycles. The van der Waals surface area contributed by atoms with Gasteiger partial charge in [-0.1, -0.05) is 25.1 Å². The molecule has 126 valence electrons. The first-order valence-electron chi connectivity index (χ1n) is 7.92. The molecular weight excluding hydrogens is 294 g/mol. The van der Waals surface area contributed by atoms with E-state index in [4.69, 9.17) is 4.74 Å². The van der Waals surface area contributed by atoms with E-state index < -0.39 is 11.6 Å². The van der Waals surface area contributed by atoms with Gasteiger partial charge >= 0.3 is 12.1 Å². The Morgan fingerprint density at radius 3 is 2.57 bits per heavy atom. The fourth-order valence-electron chi connectivity index (χ4n) is 3.14. The zero-order chi connectivity index (χ0) is 17.4. The van der Waals surface area contributed by atoms with Gasteiger partial charge in [0.15, 0.2) is 0 Å². The van der Waals surface area contributed by atoms with Crippen molar-refractivity contribution in [2.45, 2.75) is 52.6 Å². The number of hydrogen-bond donors (Lipinski definition) is 1. The van der Waals surface area contributed by atoms with Crippen molar-refractivity contribution in [1.82, 2.24) is 0 Å². The Morgan fingerprint density at radius 2 is 2.00 bits per heavy atom. The third kappa shape index (κ3) is 3.84. The van der Waals surface area contributed by atoms with Gasteiger partial charge < -0.3 is 9.84 Å². The summed E-state index contributed by atoms with van der Waals surface area (Å²) in [5, 5.41) is 9.20. The Hall–Kier alpha value is -2.04. The highest BCUT2D eigenvalue weighted by molar-refractivity contribution is 5.91. The number of carboxylic acids is 1. The summed E-state index contributed by atoms with van der Waals surface area (Å²) in [5.41, 5.74) is 2.10. The van der Waals surface area contributed by atoms with E-state index in [1.165, 1.54) is 0 Å². The summed E-state index contributed by atoms with van der Waals surface area (Å²) in [6.07, 6.45) is -0.312. The highest BCUT2D eigenvalue weighted by Crippen LogP contribution is 2.42. The first kappa shape index (κ1) is 17.3. The molecule has 0 bridgehead atoms. The lowest BCUT2D eigenvalue weighted by atomic mass is 9.79. The molecule has 1 aliphatic heterocycles. The summed E-state index contributed by atoms with van der Waals surface area (Å²) in [4.78, 5) is 25.4. The molecule has 1 N–H and O–H groups in total. The molecule has 0 spiro atoms. The third-order valence-corrected chi connectivity index (χ3v) is 4.10. The number of carbonyl (C=O) groups is 2. The quantitative estimate of drug-likeness (QED) is 0.896. The number of aryl methyl sites for hydroxylation is 1. The second kappa shape index (κ2) is 6.22. The average molecular weight is 319 g/mol. The van der Waals surface area contributed by atoms with Gasteiger partial charge in [0.2, 0.25) is 0 Å². The van der Waals surface area contributed by atoms with E-state index in [9.17, 15) is 14.7 Å². The zero-order valence-electron chi connectivity index (χ0n) is 14.4. The maximum Gasteiger partial charge on any atom is 0.414 e. The van der Waals surface area contributed by atoms with Gasteiger partial charge in [0.05, 0.1) is 12.1 Å². The maximum atomic E-state index is 12.6. The van der Waals surface area contributed by atoms with Gasteiger partial charge in [-0.3, -0.25) is 9.69 Å². The van der Waals surface area contributed by atoms with Crippen molar-refractivity contribution in [3.63, 3.8) is 0 Å². The van der Waals surface area contributed by atoms with Gasteiger partial charge in [0.1, 0.15) is 5.60 Å². The molecule has 0 saturated heterocycles. The molecule has 1 aromatic carbocycles. The van der Waals surface area contributed by atoms with Crippen molar-refractivity contribution in [1.29, 1.82) is 0 Å². The molecule has 0 aromatic heterocycles. The molecule has 2 atom stereocenters. The van der Waals surface area contributed by atoms with Crippen molar-refractivity contribution in [2.75, 3.05) is 11.4 Å². The molecule has 0 fully saturated rings. The van der Waals surface area contributed by atoms with E-state index >= 15 is 0 Å². The number of amides is 1. The predicted molar refractivity (Wildman–Crippen MR) is 88.9 cm³/mol. The van der Waals surface area contributed by atoms with Crippen molar-refractivity contribution >= 4 is 17.7 Å². The van der Waals surface area contributed by atoms with Crippen LogP contribution in [0.3, 0.4) is 0 Å². The fourth-order valence-corrected chi connectivity index (χ4v) is 3.14. The Bertz CT molecular complexity index is 618. The van der Waals surface area contributed by atoms with Gasteiger partial charge in [0, 0.05) is 12.5 Å². The number of ether oxygens (including phenoxy) is 1. The minimum Gasteiger partial charge on any atom is -0.481 e. The fraction of sp³-hybridized carbons (Fsp3) is 0.556. The van der Waals surface area contributed by atoms with Gasteiger partial charge in [-0.05, 0) is 44.7 Å². The van der Waals surface area contributed by atoms with Crippen molar-refractivity contribution in [3.8, 4) is 0 Å². The number of carboxylic acid groups (broad SMARTS) is 1. The first-order valence-corrected chi connectivity index (χ1v) is 7.92. The summed E-state index contributed by atoms with van der Waals surface area (Å²) < 4.78 is 5.52. The van der Waals surface area contributed by atoms with Gasteiger partial charge in [-0.15, -0.1) is 0 Å². The van der Waals surface area contributed by atoms with Crippen LogP contribution in [0.4, 0.5) is 10.5 Å². The standard InChI is InChI=1S/C18H25NO4/c1-11-7-6-8-13-14(9-15(20)21)12(2)10-19(16(11)13)17(22)23-18(3,4)5/h6-8,12,14H,9-10H2,1-5H3,(H,20,21). The molecule has 0 aliphatic carbocycles. The van der Waals surface area contributed by atoms with Crippen molar-refractivity contribution in [2.24, 2.45) is 5.92 Å². The maximum absolute atomic E-state index is 12.6. The van der Waals surface area contributed by atoms with Gasteiger partial charge in [0.25, 0.3) is 0 Å². The van der Waals surface area contributed by atoms with Crippen LogP contribution in [0.1, 0.15) is 51.2 Å². The molecule has 23 heavy (non-hydrogen) atoms. The number of aliphatic carboxylic acids is 1. The van der Waals surface area contributed by atoms with Crippen molar-refractivity contribution in [3.05, 3.63) is 29.3 Å². The number of benzene rings is 1. The number of fused-ring (bicyclic) bond motifs is 1. The molecule has 1 amide bonds. The second-order valence-electron chi connectivity index (χ2n) is 7.29. The smallest absolute Gasteiger partial charge is 0.414 e. The highest BCUT2D eigenvalue weighted by atomic mass is 16.6. The van der Waals surface area contributed by atoms with Crippen LogP contribution in [0.2, 0.25) is 0 Å².